The van der Waals surface area contributed by atoms with E-state index in [-0.39, 0.29) is 0 Å². The molecular formula is C57H35N3O2. The highest BCUT2D eigenvalue weighted by Gasteiger charge is 2.19. The van der Waals surface area contributed by atoms with Crippen LogP contribution in [0.4, 0.5) is 0 Å². The predicted octanol–water partition coefficient (Wildman–Crippen LogP) is 15.4. The first-order valence-electron chi connectivity index (χ1n) is 20.9. The van der Waals surface area contributed by atoms with E-state index in [0.29, 0.717) is 5.89 Å². The summed E-state index contributed by atoms with van der Waals surface area (Å²) in [7, 11) is 0. The first-order valence-corrected chi connectivity index (χ1v) is 20.9. The summed E-state index contributed by atoms with van der Waals surface area (Å²) in [4.78, 5) is 4.85. The number of nitrogens with zero attached hydrogens (tertiary/aromatic N) is 3. The number of benzene rings is 9. The van der Waals surface area contributed by atoms with Gasteiger partial charge in [-0.25, -0.2) is 4.98 Å². The molecule has 9 aromatic carbocycles. The van der Waals surface area contributed by atoms with Crippen LogP contribution >= 0.6 is 0 Å². The van der Waals surface area contributed by atoms with Crippen LogP contribution in [0, 0.1) is 0 Å². The minimum atomic E-state index is 0.615. The summed E-state index contributed by atoms with van der Waals surface area (Å²) < 4.78 is 17.4. The molecule has 0 bridgehead atoms. The maximum atomic E-state index is 6.36. The van der Waals surface area contributed by atoms with Crippen LogP contribution in [-0.2, 0) is 0 Å². The van der Waals surface area contributed by atoms with Gasteiger partial charge in [0.15, 0.2) is 5.58 Å². The fraction of sp³-hybridized carbons (Fsp3) is 0. The average Bonchev–Trinajstić information content (AvgIpc) is 4.12. The van der Waals surface area contributed by atoms with Crippen LogP contribution in [0.5, 0.6) is 0 Å². The smallest absolute Gasteiger partial charge is 0.227 e. The average molecular weight is 794 g/mol. The molecule has 4 heterocycles. The van der Waals surface area contributed by atoms with Crippen molar-refractivity contribution >= 4 is 65.7 Å². The van der Waals surface area contributed by atoms with Crippen molar-refractivity contribution < 1.29 is 8.83 Å². The topological polar surface area (TPSA) is 49.0 Å². The zero-order valence-corrected chi connectivity index (χ0v) is 33.4. The normalized spacial score (nSPS) is 11.9. The molecule has 0 amide bonds. The van der Waals surface area contributed by atoms with Crippen LogP contribution in [0.1, 0.15) is 0 Å². The van der Waals surface area contributed by atoms with Crippen molar-refractivity contribution in [1.29, 1.82) is 0 Å². The predicted molar refractivity (Wildman–Crippen MR) is 254 cm³/mol. The summed E-state index contributed by atoms with van der Waals surface area (Å²) in [6.45, 7) is 0. The second-order valence-corrected chi connectivity index (χ2v) is 16.0. The van der Waals surface area contributed by atoms with Gasteiger partial charge in [0.1, 0.15) is 16.9 Å². The zero-order chi connectivity index (χ0) is 40.7. The monoisotopic (exact) mass is 793 g/mol. The zero-order valence-electron chi connectivity index (χ0n) is 33.4. The van der Waals surface area contributed by atoms with Crippen molar-refractivity contribution in [2.45, 2.75) is 0 Å². The molecule has 290 valence electrons. The van der Waals surface area contributed by atoms with Gasteiger partial charge < -0.3 is 18.0 Å². The number of aromatic nitrogens is 3. The molecule has 0 N–H and O–H groups in total. The Morgan fingerprint density at radius 2 is 0.774 bits per heavy atom. The fourth-order valence-corrected chi connectivity index (χ4v) is 9.38. The van der Waals surface area contributed by atoms with Gasteiger partial charge in [-0.3, -0.25) is 0 Å². The van der Waals surface area contributed by atoms with Gasteiger partial charge in [0.2, 0.25) is 5.89 Å². The van der Waals surface area contributed by atoms with Crippen LogP contribution in [0.3, 0.4) is 0 Å². The number of oxazole rings is 1. The van der Waals surface area contributed by atoms with E-state index in [4.69, 9.17) is 13.8 Å². The van der Waals surface area contributed by atoms with Gasteiger partial charge in [-0.2, -0.15) is 0 Å². The highest BCUT2D eigenvalue weighted by molar-refractivity contribution is 6.13. The van der Waals surface area contributed by atoms with E-state index in [1.54, 1.807) is 0 Å². The Labute approximate surface area is 356 Å². The van der Waals surface area contributed by atoms with Crippen LogP contribution in [0.25, 0.3) is 122 Å². The van der Waals surface area contributed by atoms with Crippen molar-refractivity contribution in [2.75, 3.05) is 0 Å². The van der Waals surface area contributed by atoms with E-state index < -0.39 is 0 Å². The number of fused-ring (bicyclic) bond motifs is 8. The molecule has 0 saturated heterocycles. The standard InChI is InChI=1S/C57H35N3O2/c1-3-11-36(12-4-1)38-19-27-50-45(31-38)47-33-41(56-35-40-15-7-9-17-54(40)61-56)21-29-52(47)59(50)43-23-25-44(26-24-43)60-51-28-20-39(37-13-5-2-6-14-37)32-46(51)48-34-42(22-30-53(48)60)57-58-49-16-8-10-18-55(49)62-57/h1-35H. The molecule has 0 aliphatic rings. The summed E-state index contributed by atoms with van der Waals surface area (Å²) in [5.74, 6) is 1.48. The first kappa shape index (κ1) is 34.5. The van der Waals surface area contributed by atoms with Crippen LogP contribution in [0.2, 0.25) is 0 Å². The Kier molecular flexibility index (Phi) is 7.54. The molecule has 13 rings (SSSR count). The Balaban J connectivity index is 0.972. The van der Waals surface area contributed by atoms with E-state index in [9.17, 15) is 0 Å². The number of para-hydroxylation sites is 3. The lowest BCUT2D eigenvalue weighted by molar-refractivity contribution is 0.620. The summed E-state index contributed by atoms with van der Waals surface area (Å²) in [5, 5.41) is 5.76. The van der Waals surface area contributed by atoms with Crippen molar-refractivity contribution in [3.63, 3.8) is 0 Å². The van der Waals surface area contributed by atoms with Gasteiger partial charge in [0.05, 0.1) is 22.1 Å². The van der Waals surface area contributed by atoms with Crippen LogP contribution < -0.4 is 0 Å². The van der Waals surface area contributed by atoms with E-state index in [0.717, 1.165) is 77.8 Å². The molecule has 0 fully saturated rings. The molecule has 0 aliphatic carbocycles. The van der Waals surface area contributed by atoms with Gasteiger partial charge >= 0.3 is 0 Å². The van der Waals surface area contributed by atoms with Crippen molar-refractivity contribution in [1.82, 2.24) is 14.1 Å². The van der Waals surface area contributed by atoms with Gasteiger partial charge in [0, 0.05) is 49.4 Å². The maximum absolute atomic E-state index is 6.36. The van der Waals surface area contributed by atoms with E-state index in [2.05, 4.69) is 185 Å². The lowest BCUT2D eigenvalue weighted by Crippen LogP contribution is -1.97. The Bertz CT molecular complexity index is 3530. The lowest BCUT2D eigenvalue weighted by Gasteiger charge is -2.12. The molecule has 5 heteroatoms. The van der Waals surface area contributed by atoms with Crippen LogP contribution in [0.15, 0.2) is 221 Å². The molecule has 0 radical (unpaired) electrons. The number of rotatable bonds is 6. The molecule has 62 heavy (non-hydrogen) atoms. The molecule has 0 aliphatic heterocycles. The minimum Gasteiger partial charge on any atom is -0.456 e. The highest BCUT2D eigenvalue weighted by Crippen LogP contribution is 2.41. The fourth-order valence-electron chi connectivity index (χ4n) is 9.38. The third-order valence-electron chi connectivity index (χ3n) is 12.4. The first-order chi connectivity index (χ1) is 30.7. The van der Waals surface area contributed by atoms with Gasteiger partial charge in [-0.05, 0) is 131 Å². The van der Waals surface area contributed by atoms with E-state index >= 15 is 0 Å². The summed E-state index contributed by atoms with van der Waals surface area (Å²) >= 11 is 0. The number of hydrogen-bond acceptors (Lipinski definition) is 3. The number of furan rings is 1. The molecule has 0 spiro atoms. The Hall–Kier alpha value is -8.41. The Morgan fingerprint density at radius 1 is 0.323 bits per heavy atom. The van der Waals surface area contributed by atoms with E-state index in [1.165, 1.54) is 38.4 Å². The largest absolute Gasteiger partial charge is 0.456 e. The minimum absolute atomic E-state index is 0.615. The third kappa shape index (κ3) is 5.45. The van der Waals surface area contributed by atoms with Crippen molar-refractivity contribution in [3.05, 3.63) is 212 Å². The molecule has 4 aromatic heterocycles. The third-order valence-corrected chi connectivity index (χ3v) is 12.4. The lowest BCUT2D eigenvalue weighted by atomic mass is 10.0. The molecule has 0 atom stereocenters. The molecule has 0 saturated carbocycles. The van der Waals surface area contributed by atoms with Gasteiger partial charge in [-0.1, -0.05) is 103 Å². The summed E-state index contributed by atoms with van der Waals surface area (Å²) in [5.41, 5.74) is 15.9. The number of hydrogen-bond donors (Lipinski definition) is 0. The molecule has 5 nitrogen and oxygen atoms in total. The molecule has 0 unspecified atom stereocenters. The quantitative estimate of drug-likeness (QED) is 0.168. The summed E-state index contributed by atoms with van der Waals surface area (Å²) in [6.07, 6.45) is 0. The van der Waals surface area contributed by atoms with Gasteiger partial charge in [-0.15, -0.1) is 0 Å². The summed E-state index contributed by atoms with van der Waals surface area (Å²) in [6, 6.07) is 75.3. The molecular weight excluding hydrogens is 759 g/mol. The van der Waals surface area contributed by atoms with Crippen molar-refractivity contribution in [2.24, 2.45) is 0 Å². The SMILES string of the molecule is c1ccc(-c2ccc3c(c2)c2cc(-c4cc5ccccc5o4)ccc2n3-c2ccc(-n3c4ccc(-c5ccccc5)cc4c4cc(-c5nc6ccccc6o5)ccc43)cc2)cc1. The second kappa shape index (κ2) is 13.6. The van der Waals surface area contributed by atoms with Crippen LogP contribution in [-0.4, -0.2) is 14.1 Å². The van der Waals surface area contributed by atoms with E-state index in [1.807, 2.05) is 36.4 Å². The van der Waals surface area contributed by atoms with Crippen molar-refractivity contribution in [3.8, 4) is 56.4 Å². The van der Waals surface area contributed by atoms with Gasteiger partial charge in [0.25, 0.3) is 0 Å². The Morgan fingerprint density at radius 3 is 1.32 bits per heavy atom. The molecule has 13 aromatic rings. The maximum Gasteiger partial charge on any atom is 0.227 e. The second-order valence-electron chi connectivity index (χ2n) is 16.0. The highest BCUT2D eigenvalue weighted by atomic mass is 16.3.